The molecule has 1 atom stereocenters. The van der Waals surface area contributed by atoms with Crippen LogP contribution >= 0.6 is 0 Å². The minimum atomic E-state index is -3.10. The first-order chi connectivity index (χ1) is 11.8. The number of sulfone groups is 1. The molecule has 1 amide bonds. The zero-order valence-corrected chi connectivity index (χ0v) is 14.6. The lowest BCUT2D eigenvalue weighted by Crippen LogP contribution is -2.41. The van der Waals surface area contributed by atoms with Gasteiger partial charge in [0, 0.05) is 36.3 Å². The van der Waals surface area contributed by atoms with Crippen LogP contribution in [-0.2, 0) is 9.84 Å². The van der Waals surface area contributed by atoms with Gasteiger partial charge in [-0.25, -0.2) is 8.42 Å². The first-order valence-corrected chi connectivity index (χ1v) is 9.91. The average molecular weight is 365 g/mol. The van der Waals surface area contributed by atoms with Crippen molar-refractivity contribution in [2.75, 3.05) is 18.1 Å². The number of hydrogen-bond donors (Lipinski definition) is 1. The maximum atomic E-state index is 13.0. The Hall–Kier alpha value is -2.42. The molecule has 1 aliphatic rings. The van der Waals surface area contributed by atoms with E-state index in [0.29, 0.717) is 29.4 Å². The predicted octanol–water partition coefficient (Wildman–Crippen LogP) is 2.12. The van der Waals surface area contributed by atoms with Gasteiger partial charge in [0.2, 0.25) is 0 Å². The number of fused-ring (bicyclic) bond motifs is 1. The fourth-order valence-electron chi connectivity index (χ4n) is 3.27. The Morgan fingerprint density at radius 3 is 2.80 bits per heavy atom. The molecule has 25 heavy (non-hydrogen) atoms. The molecule has 0 aliphatic carbocycles. The van der Waals surface area contributed by atoms with E-state index >= 15 is 0 Å². The number of rotatable bonds is 5. The Kier molecular flexibility index (Phi) is 4.51. The summed E-state index contributed by atoms with van der Waals surface area (Å²) in [5.74, 6) is -0.151. The first-order valence-electron chi connectivity index (χ1n) is 8.09. The zero-order chi connectivity index (χ0) is 18.2. The summed E-state index contributed by atoms with van der Waals surface area (Å²) < 4.78 is 23.5. The highest BCUT2D eigenvalue weighted by molar-refractivity contribution is 7.91. The molecular weight excluding hydrogens is 346 g/mol. The van der Waals surface area contributed by atoms with Crippen LogP contribution in [-0.4, -0.2) is 53.2 Å². The second-order valence-corrected chi connectivity index (χ2v) is 8.47. The van der Waals surface area contributed by atoms with Crippen LogP contribution in [0.2, 0.25) is 0 Å². The lowest BCUT2D eigenvalue weighted by molar-refractivity contribution is -0.384. The highest BCUT2D eigenvalue weighted by Crippen LogP contribution is 2.26. The van der Waals surface area contributed by atoms with Crippen LogP contribution in [0.3, 0.4) is 0 Å². The van der Waals surface area contributed by atoms with Gasteiger partial charge in [-0.15, -0.1) is 0 Å². The van der Waals surface area contributed by atoms with Crippen LogP contribution < -0.4 is 0 Å². The highest BCUT2D eigenvalue weighted by Gasteiger charge is 2.35. The molecular formula is C16H19N3O5S. The van der Waals surface area contributed by atoms with Gasteiger partial charge in [0.05, 0.1) is 27.5 Å². The summed E-state index contributed by atoms with van der Waals surface area (Å²) >= 11 is 0. The molecule has 134 valence electrons. The number of carbonyl (C=O) groups is 1. The van der Waals surface area contributed by atoms with Crippen LogP contribution in [0.15, 0.2) is 24.4 Å². The Balaban J connectivity index is 1.95. The SMILES string of the molecule is CCCN(C(=O)c1c[nH]c2cc([N+](=O)[O-])ccc12)[C@H]1CCS(=O)(=O)C1. The third-order valence-electron chi connectivity index (χ3n) is 4.48. The Morgan fingerprint density at radius 2 is 2.20 bits per heavy atom. The van der Waals surface area contributed by atoms with Crippen molar-refractivity contribution in [1.82, 2.24) is 9.88 Å². The normalized spacial score (nSPS) is 19.2. The molecule has 0 saturated carbocycles. The number of carbonyl (C=O) groups excluding carboxylic acids is 1. The van der Waals surface area contributed by atoms with Crippen LogP contribution in [0.25, 0.3) is 10.9 Å². The number of aromatic amines is 1. The highest BCUT2D eigenvalue weighted by atomic mass is 32.2. The van der Waals surface area contributed by atoms with Gasteiger partial charge >= 0.3 is 0 Å². The molecule has 1 aromatic carbocycles. The zero-order valence-electron chi connectivity index (χ0n) is 13.8. The summed E-state index contributed by atoms with van der Waals surface area (Å²) in [5.41, 5.74) is 0.858. The molecule has 1 saturated heterocycles. The van der Waals surface area contributed by atoms with Gasteiger partial charge in [0.15, 0.2) is 9.84 Å². The van der Waals surface area contributed by atoms with Crippen molar-refractivity contribution in [3.05, 3.63) is 40.1 Å². The largest absolute Gasteiger partial charge is 0.360 e. The van der Waals surface area contributed by atoms with E-state index in [-0.39, 0.29) is 29.1 Å². The Labute approximate surface area is 144 Å². The topological polar surface area (TPSA) is 113 Å². The van der Waals surface area contributed by atoms with Gasteiger partial charge < -0.3 is 9.88 Å². The fourth-order valence-corrected chi connectivity index (χ4v) is 5.00. The van der Waals surface area contributed by atoms with Crippen molar-refractivity contribution < 1.29 is 18.1 Å². The number of hydrogen-bond acceptors (Lipinski definition) is 5. The number of amides is 1. The number of nitro benzene ring substituents is 1. The molecule has 9 heteroatoms. The summed E-state index contributed by atoms with van der Waals surface area (Å²) in [6.07, 6.45) is 2.70. The van der Waals surface area contributed by atoms with Crippen molar-refractivity contribution in [1.29, 1.82) is 0 Å². The molecule has 1 fully saturated rings. The summed E-state index contributed by atoms with van der Waals surface area (Å²) in [6, 6.07) is 3.97. The standard InChI is InChI=1S/C16H19N3O5S/c1-2-6-18(12-5-7-25(23,24)10-12)16(20)14-9-17-15-8-11(19(21)22)3-4-13(14)15/h3-4,8-9,12,17H,2,5-7,10H2,1H3/t12-/m0/s1. The van der Waals surface area contributed by atoms with Crippen LogP contribution in [0.1, 0.15) is 30.1 Å². The number of non-ortho nitro benzene ring substituents is 1. The predicted molar refractivity (Wildman–Crippen MR) is 93.3 cm³/mol. The molecule has 3 rings (SSSR count). The smallest absolute Gasteiger partial charge is 0.271 e. The quantitative estimate of drug-likeness (QED) is 0.644. The Bertz CT molecular complexity index is 934. The molecule has 2 aromatic rings. The van der Waals surface area contributed by atoms with E-state index in [1.165, 1.54) is 18.3 Å². The van der Waals surface area contributed by atoms with Gasteiger partial charge in [-0.2, -0.15) is 0 Å². The fraction of sp³-hybridized carbons (Fsp3) is 0.438. The van der Waals surface area contributed by atoms with Crippen molar-refractivity contribution in [2.45, 2.75) is 25.8 Å². The minimum absolute atomic E-state index is 0.00737. The van der Waals surface area contributed by atoms with E-state index in [1.807, 2.05) is 6.92 Å². The van der Waals surface area contributed by atoms with Gasteiger partial charge in [-0.05, 0) is 18.9 Å². The van der Waals surface area contributed by atoms with E-state index in [2.05, 4.69) is 4.98 Å². The number of nitro groups is 1. The van der Waals surface area contributed by atoms with Crippen molar-refractivity contribution >= 4 is 32.3 Å². The van der Waals surface area contributed by atoms with Crippen molar-refractivity contribution in [3.8, 4) is 0 Å². The molecule has 1 aromatic heterocycles. The summed E-state index contributed by atoms with van der Waals surface area (Å²) in [4.78, 5) is 27.9. The molecule has 0 unspecified atom stereocenters. The van der Waals surface area contributed by atoms with E-state index < -0.39 is 14.8 Å². The summed E-state index contributed by atoms with van der Waals surface area (Å²) in [6.45, 7) is 2.40. The van der Waals surface area contributed by atoms with Gasteiger partial charge in [-0.1, -0.05) is 6.92 Å². The molecule has 1 aliphatic heterocycles. The Morgan fingerprint density at radius 1 is 1.44 bits per heavy atom. The molecule has 0 radical (unpaired) electrons. The lowest BCUT2D eigenvalue weighted by Gasteiger charge is -2.27. The molecule has 8 nitrogen and oxygen atoms in total. The number of H-pyrrole nitrogens is 1. The van der Waals surface area contributed by atoms with Gasteiger partial charge in [0.25, 0.3) is 11.6 Å². The number of nitrogens with zero attached hydrogens (tertiary/aromatic N) is 2. The lowest BCUT2D eigenvalue weighted by atomic mass is 10.1. The maximum absolute atomic E-state index is 13.0. The number of nitrogens with one attached hydrogen (secondary N) is 1. The third-order valence-corrected chi connectivity index (χ3v) is 6.23. The molecule has 0 bridgehead atoms. The van der Waals surface area contributed by atoms with Gasteiger partial charge in [-0.3, -0.25) is 14.9 Å². The number of aromatic nitrogens is 1. The summed E-state index contributed by atoms with van der Waals surface area (Å²) in [5, 5.41) is 11.5. The second-order valence-electron chi connectivity index (χ2n) is 6.24. The second kappa shape index (κ2) is 6.47. The van der Waals surface area contributed by atoms with E-state index in [4.69, 9.17) is 0 Å². The molecule has 2 heterocycles. The monoisotopic (exact) mass is 365 g/mol. The van der Waals surface area contributed by atoms with Crippen LogP contribution in [0, 0.1) is 10.1 Å². The average Bonchev–Trinajstić information content (AvgIpc) is 3.14. The number of benzene rings is 1. The van der Waals surface area contributed by atoms with Crippen molar-refractivity contribution in [3.63, 3.8) is 0 Å². The van der Waals surface area contributed by atoms with Crippen LogP contribution in [0.4, 0.5) is 5.69 Å². The molecule has 1 N–H and O–H groups in total. The maximum Gasteiger partial charge on any atom is 0.271 e. The minimum Gasteiger partial charge on any atom is -0.360 e. The third kappa shape index (κ3) is 3.37. The van der Waals surface area contributed by atoms with Crippen LogP contribution in [0.5, 0.6) is 0 Å². The molecule has 0 spiro atoms. The first kappa shape index (κ1) is 17.4. The van der Waals surface area contributed by atoms with Crippen molar-refractivity contribution in [2.24, 2.45) is 0 Å². The summed E-state index contributed by atoms with van der Waals surface area (Å²) in [7, 11) is -3.10. The van der Waals surface area contributed by atoms with Gasteiger partial charge in [0.1, 0.15) is 0 Å². The van der Waals surface area contributed by atoms with E-state index in [1.54, 1.807) is 11.0 Å². The van der Waals surface area contributed by atoms with E-state index in [9.17, 15) is 23.3 Å². The van der Waals surface area contributed by atoms with E-state index in [0.717, 1.165) is 6.42 Å².